The van der Waals surface area contributed by atoms with Crippen LogP contribution in [0.25, 0.3) is 0 Å². The Labute approximate surface area is 104 Å². The first-order valence-electron chi connectivity index (χ1n) is 5.30. The molecule has 1 aromatic carbocycles. The molecule has 0 aliphatic carbocycles. The average molecular weight is 252 g/mol. The van der Waals surface area contributed by atoms with Gasteiger partial charge in [-0.25, -0.2) is 4.79 Å². The standard InChI is InChI=1S/C13H16O3S/c1-9-4-6-12(7-5-9)17(16)11(3)8-10(2)13(14)15/h4-7,11H,2,8H2,1,3H3,(H,14,15). The normalized spacial score (nSPS) is 14.0. The predicted octanol–water partition coefficient (Wildman–Crippen LogP) is 2.52. The zero-order valence-electron chi connectivity index (χ0n) is 9.97. The summed E-state index contributed by atoms with van der Waals surface area (Å²) in [6.45, 7) is 7.18. The number of carboxylic acids is 1. The highest BCUT2D eigenvalue weighted by atomic mass is 32.2. The van der Waals surface area contributed by atoms with Gasteiger partial charge in [-0.1, -0.05) is 31.2 Å². The van der Waals surface area contributed by atoms with Crippen LogP contribution in [0.15, 0.2) is 41.3 Å². The van der Waals surface area contributed by atoms with Crippen LogP contribution >= 0.6 is 0 Å². The highest BCUT2D eigenvalue weighted by molar-refractivity contribution is 7.85. The van der Waals surface area contributed by atoms with E-state index in [1.54, 1.807) is 6.92 Å². The Kier molecular flexibility index (Phi) is 4.63. The first kappa shape index (κ1) is 13.6. The van der Waals surface area contributed by atoms with Gasteiger partial charge in [-0.3, -0.25) is 4.21 Å². The summed E-state index contributed by atoms with van der Waals surface area (Å²) in [5.41, 5.74) is 1.20. The van der Waals surface area contributed by atoms with Crippen molar-refractivity contribution in [3.05, 3.63) is 42.0 Å². The van der Waals surface area contributed by atoms with E-state index in [1.807, 2.05) is 31.2 Å². The van der Waals surface area contributed by atoms with Crippen molar-refractivity contribution in [3.63, 3.8) is 0 Å². The summed E-state index contributed by atoms with van der Waals surface area (Å²) in [7, 11) is -1.20. The molecule has 1 N–H and O–H groups in total. The summed E-state index contributed by atoms with van der Waals surface area (Å²) in [4.78, 5) is 11.4. The zero-order chi connectivity index (χ0) is 13.0. The van der Waals surface area contributed by atoms with E-state index in [1.165, 1.54) is 0 Å². The molecule has 4 heteroatoms. The highest BCUT2D eigenvalue weighted by Crippen LogP contribution is 2.17. The van der Waals surface area contributed by atoms with Gasteiger partial charge in [0.15, 0.2) is 0 Å². The molecule has 0 heterocycles. The molecule has 0 radical (unpaired) electrons. The van der Waals surface area contributed by atoms with E-state index in [-0.39, 0.29) is 17.2 Å². The Morgan fingerprint density at radius 3 is 2.41 bits per heavy atom. The van der Waals surface area contributed by atoms with E-state index in [4.69, 9.17) is 5.11 Å². The topological polar surface area (TPSA) is 54.4 Å². The lowest BCUT2D eigenvalue weighted by Crippen LogP contribution is -2.14. The second-order valence-corrected chi connectivity index (χ2v) is 5.90. The Balaban J connectivity index is 2.73. The van der Waals surface area contributed by atoms with Gasteiger partial charge >= 0.3 is 5.97 Å². The Bertz CT molecular complexity index is 448. The van der Waals surface area contributed by atoms with Crippen LogP contribution in [0.1, 0.15) is 18.9 Å². The van der Waals surface area contributed by atoms with Gasteiger partial charge in [0.1, 0.15) is 0 Å². The summed E-state index contributed by atoms with van der Waals surface area (Å²) in [5, 5.41) is 8.47. The van der Waals surface area contributed by atoms with Gasteiger partial charge in [-0.05, 0) is 25.5 Å². The molecule has 0 aliphatic heterocycles. The molecule has 0 aromatic heterocycles. The summed E-state index contributed by atoms with van der Waals surface area (Å²) in [6.07, 6.45) is 0.232. The molecule has 1 aromatic rings. The molecule has 2 atom stereocenters. The average Bonchev–Trinajstić information content (AvgIpc) is 2.28. The van der Waals surface area contributed by atoms with Crippen molar-refractivity contribution < 1.29 is 14.1 Å². The minimum atomic E-state index is -1.20. The monoisotopic (exact) mass is 252 g/mol. The SMILES string of the molecule is C=C(CC(C)S(=O)c1ccc(C)cc1)C(=O)O. The molecule has 0 spiro atoms. The fraction of sp³-hybridized carbons (Fsp3) is 0.308. The minimum absolute atomic E-state index is 0.0953. The van der Waals surface area contributed by atoms with E-state index in [0.717, 1.165) is 10.5 Å². The molecular weight excluding hydrogens is 236 g/mol. The van der Waals surface area contributed by atoms with Gasteiger partial charge < -0.3 is 5.11 Å². The van der Waals surface area contributed by atoms with Crippen LogP contribution in [-0.2, 0) is 15.6 Å². The van der Waals surface area contributed by atoms with Crippen LogP contribution in [0.3, 0.4) is 0 Å². The van der Waals surface area contributed by atoms with Crippen LogP contribution in [-0.4, -0.2) is 20.5 Å². The van der Waals surface area contributed by atoms with Crippen molar-refractivity contribution in [3.8, 4) is 0 Å². The number of hydrogen-bond donors (Lipinski definition) is 1. The summed E-state index contributed by atoms with van der Waals surface area (Å²) >= 11 is 0. The summed E-state index contributed by atoms with van der Waals surface area (Å²) in [6, 6.07) is 7.41. The van der Waals surface area contributed by atoms with Crippen molar-refractivity contribution in [2.45, 2.75) is 30.4 Å². The third-order valence-electron chi connectivity index (χ3n) is 2.46. The maximum Gasteiger partial charge on any atom is 0.330 e. The number of hydrogen-bond acceptors (Lipinski definition) is 2. The molecule has 0 amide bonds. The number of benzene rings is 1. The van der Waals surface area contributed by atoms with E-state index in [0.29, 0.717) is 0 Å². The first-order chi connectivity index (χ1) is 7.91. The third-order valence-corrected chi connectivity index (χ3v) is 4.09. The molecule has 0 aliphatic rings. The second kappa shape index (κ2) is 5.77. The number of carbonyl (C=O) groups is 1. The van der Waals surface area contributed by atoms with E-state index < -0.39 is 16.8 Å². The smallest absolute Gasteiger partial charge is 0.330 e. The fourth-order valence-electron chi connectivity index (χ4n) is 1.41. The summed E-state index contributed by atoms with van der Waals surface area (Å²) < 4.78 is 12.1. The lowest BCUT2D eigenvalue weighted by molar-refractivity contribution is -0.132. The van der Waals surface area contributed by atoms with Crippen LogP contribution in [0, 0.1) is 6.92 Å². The third kappa shape index (κ3) is 3.82. The second-order valence-electron chi connectivity index (χ2n) is 4.03. The minimum Gasteiger partial charge on any atom is -0.478 e. The maximum absolute atomic E-state index is 12.1. The fourth-order valence-corrected chi connectivity index (χ4v) is 2.64. The molecule has 0 saturated heterocycles. The largest absolute Gasteiger partial charge is 0.478 e. The van der Waals surface area contributed by atoms with Gasteiger partial charge in [0.25, 0.3) is 0 Å². The van der Waals surface area contributed by atoms with Gasteiger partial charge in [-0.2, -0.15) is 0 Å². The number of carboxylic acid groups (broad SMARTS) is 1. The Morgan fingerprint density at radius 1 is 1.41 bits per heavy atom. The number of aliphatic carboxylic acids is 1. The molecule has 1 rings (SSSR count). The quantitative estimate of drug-likeness (QED) is 0.819. The van der Waals surface area contributed by atoms with E-state index in [2.05, 4.69) is 6.58 Å². The first-order valence-corrected chi connectivity index (χ1v) is 6.51. The van der Waals surface area contributed by atoms with Crippen molar-refractivity contribution in [2.24, 2.45) is 0 Å². The van der Waals surface area contributed by atoms with Crippen molar-refractivity contribution in [1.82, 2.24) is 0 Å². The molecule has 92 valence electrons. The molecule has 0 saturated carbocycles. The van der Waals surface area contributed by atoms with Gasteiger partial charge in [0.05, 0.1) is 10.8 Å². The molecular formula is C13H16O3S. The zero-order valence-corrected chi connectivity index (χ0v) is 10.8. The van der Waals surface area contributed by atoms with Gasteiger partial charge in [-0.15, -0.1) is 0 Å². The van der Waals surface area contributed by atoms with Crippen LogP contribution in [0.2, 0.25) is 0 Å². The predicted molar refractivity (Wildman–Crippen MR) is 68.4 cm³/mol. The Morgan fingerprint density at radius 2 is 1.94 bits per heavy atom. The van der Waals surface area contributed by atoms with Gasteiger partial charge in [0.2, 0.25) is 0 Å². The molecule has 0 fully saturated rings. The molecule has 3 nitrogen and oxygen atoms in total. The van der Waals surface area contributed by atoms with Crippen LogP contribution in [0.5, 0.6) is 0 Å². The van der Waals surface area contributed by atoms with Crippen molar-refractivity contribution in [2.75, 3.05) is 0 Å². The number of rotatable bonds is 5. The molecule has 0 bridgehead atoms. The lowest BCUT2D eigenvalue weighted by Gasteiger charge is -2.11. The molecule has 2 unspecified atom stereocenters. The highest BCUT2D eigenvalue weighted by Gasteiger charge is 2.17. The summed E-state index contributed by atoms with van der Waals surface area (Å²) in [5.74, 6) is -1.03. The lowest BCUT2D eigenvalue weighted by atomic mass is 10.2. The van der Waals surface area contributed by atoms with Crippen LogP contribution < -0.4 is 0 Å². The van der Waals surface area contributed by atoms with Gasteiger partial charge in [0, 0.05) is 15.7 Å². The van der Waals surface area contributed by atoms with Crippen molar-refractivity contribution >= 4 is 16.8 Å². The molecule has 17 heavy (non-hydrogen) atoms. The van der Waals surface area contributed by atoms with E-state index >= 15 is 0 Å². The maximum atomic E-state index is 12.1. The van der Waals surface area contributed by atoms with Crippen molar-refractivity contribution in [1.29, 1.82) is 0 Å². The van der Waals surface area contributed by atoms with Crippen LogP contribution in [0.4, 0.5) is 0 Å². The van der Waals surface area contributed by atoms with E-state index in [9.17, 15) is 9.00 Å². The number of aryl methyl sites for hydroxylation is 1. The Hall–Kier alpha value is -1.42.